The summed E-state index contributed by atoms with van der Waals surface area (Å²) in [5, 5.41) is 14.9. The maximum Gasteiger partial charge on any atom is 0.315 e. The summed E-state index contributed by atoms with van der Waals surface area (Å²) in [6, 6.07) is 3.17. The zero-order valence-electron chi connectivity index (χ0n) is 12.4. The second-order valence-corrected chi connectivity index (χ2v) is 7.73. The molecule has 7 heteroatoms. The first-order valence-electron chi connectivity index (χ1n) is 7.18. The van der Waals surface area contributed by atoms with Crippen LogP contribution in [0.1, 0.15) is 31.4 Å². The largest absolute Gasteiger partial charge is 0.394 e. The zero-order chi connectivity index (χ0) is 16.2. The highest BCUT2D eigenvalue weighted by Crippen LogP contribution is 2.36. The van der Waals surface area contributed by atoms with E-state index in [2.05, 4.69) is 17.6 Å². The topological polar surface area (TPSA) is 61.4 Å². The molecule has 0 aromatic heterocycles. The number of amides is 2. The van der Waals surface area contributed by atoms with Gasteiger partial charge in [0.25, 0.3) is 0 Å². The quantitative estimate of drug-likeness (QED) is 0.767. The summed E-state index contributed by atoms with van der Waals surface area (Å²) in [7, 11) is 0. The molecule has 1 aliphatic rings. The molecule has 2 atom stereocenters. The Kier molecular flexibility index (Phi) is 5.94. The Morgan fingerprint density at radius 2 is 2.36 bits per heavy atom. The Morgan fingerprint density at radius 1 is 1.59 bits per heavy atom. The lowest BCUT2D eigenvalue weighted by Crippen LogP contribution is -2.44. The van der Waals surface area contributed by atoms with E-state index in [9.17, 15) is 14.3 Å². The third-order valence-electron chi connectivity index (χ3n) is 3.76. The van der Waals surface area contributed by atoms with Gasteiger partial charge >= 0.3 is 6.03 Å². The standard InChI is InChI=1S/C15H20ClFN2O2S/c1-15(5-2-6-22-15)9-18-14(21)19-13(8-20)10-3-4-11(16)12(17)7-10/h3-4,7,13,20H,2,5-6,8-9H2,1H3,(H2,18,19,21). The molecular formula is C15H20ClFN2O2S. The van der Waals surface area contributed by atoms with E-state index in [4.69, 9.17) is 11.6 Å². The fraction of sp³-hybridized carbons (Fsp3) is 0.533. The Hall–Kier alpha value is -0.980. The molecular weight excluding hydrogens is 327 g/mol. The number of hydrogen-bond donors (Lipinski definition) is 3. The van der Waals surface area contributed by atoms with Crippen molar-refractivity contribution in [3.05, 3.63) is 34.6 Å². The van der Waals surface area contributed by atoms with Crippen molar-refractivity contribution >= 4 is 29.4 Å². The van der Waals surface area contributed by atoms with Gasteiger partial charge in [-0.05, 0) is 43.2 Å². The molecule has 2 amide bonds. The molecule has 3 N–H and O–H groups in total. The summed E-state index contributed by atoms with van der Waals surface area (Å²) in [5.41, 5.74) is 0.473. The smallest absolute Gasteiger partial charge is 0.315 e. The van der Waals surface area contributed by atoms with Crippen molar-refractivity contribution in [1.82, 2.24) is 10.6 Å². The number of halogens is 2. The normalized spacial score (nSPS) is 22.4. The average Bonchev–Trinajstić information content (AvgIpc) is 2.93. The molecule has 1 saturated heterocycles. The number of nitrogens with one attached hydrogen (secondary N) is 2. The van der Waals surface area contributed by atoms with Crippen molar-refractivity contribution in [2.75, 3.05) is 18.9 Å². The third-order valence-corrected chi connectivity index (χ3v) is 5.60. The Morgan fingerprint density at radius 3 is 2.95 bits per heavy atom. The van der Waals surface area contributed by atoms with Gasteiger partial charge in [0.2, 0.25) is 0 Å². The molecule has 4 nitrogen and oxygen atoms in total. The number of thioether (sulfide) groups is 1. The zero-order valence-corrected chi connectivity index (χ0v) is 13.9. The van der Waals surface area contributed by atoms with E-state index < -0.39 is 11.9 Å². The van der Waals surface area contributed by atoms with Crippen molar-refractivity contribution in [1.29, 1.82) is 0 Å². The summed E-state index contributed by atoms with van der Waals surface area (Å²) in [5.74, 6) is 0.540. The lowest BCUT2D eigenvalue weighted by Gasteiger charge is -2.24. The van der Waals surface area contributed by atoms with Crippen LogP contribution in [0.25, 0.3) is 0 Å². The van der Waals surface area contributed by atoms with E-state index in [0.29, 0.717) is 12.1 Å². The van der Waals surface area contributed by atoms with Crippen molar-refractivity contribution in [2.45, 2.75) is 30.6 Å². The van der Waals surface area contributed by atoms with Gasteiger partial charge in [0.15, 0.2) is 0 Å². The minimum absolute atomic E-state index is 0.0103. The van der Waals surface area contributed by atoms with Crippen LogP contribution in [-0.4, -0.2) is 34.8 Å². The maximum atomic E-state index is 13.5. The van der Waals surface area contributed by atoms with Crippen LogP contribution in [-0.2, 0) is 0 Å². The number of carbonyl (C=O) groups is 1. The van der Waals surface area contributed by atoms with Crippen LogP contribution in [0.2, 0.25) is 5.02 Å². The number of hydrogen-bond acceptors (Lipinski definition) is 3. The minimum Gasteiger partial charge on any atom is -0.394 e. The molecule has 1 aromatic rings. The molecule has 0 radical (unpaired) electrons. The van der Waals surface area contributed by atoms with Crippen LogP contribution in [0.4, 0.5) is 9.18 Å². The van der Waals surface area contributed by atoms with E-state index in [1.54, 1.807) is 6.07 Å². The summed E-state index contributed by atoms with van der Waals surface area (Å²) in [6.45, 7) is 2.38. The van der Waals surface area contributed by atoms with Gasteiger partial charge in [-0.15, -0.1) is 0 Å². The maximum absolute atomic E-state index is 13.5. The third kappa shape index (κ3) is 4.51. The van der Waals surface area contributed by atoms with Gasteiger partial charge in [0.1, 0.15) is 5.82 Å². The van der Waals surface area contributed by atoms with Gasteiger partial charge in [-0.3, -0.25) is 0 Å². The van der Waals surface area contributed by atoms with E-state index in [0.717, 1.165) is 18.6 Å². The number of carbonyl (C=O) groups excluding carboxylic acids is 1. The molecule has 2 rings (SSSR count). The number of aliphatic hydroxyl groups excluding tert-OH is 1. The lowest BCUT2D eigenvalue weighted by molar-refractivity contribution is 0.216. The van der Waals surface area contributed by atoms with Crippen LogP contribution in [0, 0.1) is 5.82 Å². The van der Waals surface area contributed by atoms with Gasteiger partial charge in [-0.25, -0.2) is 9.18 Å². The first-order valence-corrected chi connectivity index (χ1v) is 8.54. The monoisotopic (exact) mass is 346 g/mol. The Bertz CT molecular complexity index is 538. The SMILES string of the molecule is CC1(CNC(=O)NC(CO)c2ccc(Cl)c(F)c2)CCCS1. The molecule has 22 heavy (non-hydrogen) atoms. The predicted molar refractivity (Wildman–Crippen MR) is 87.9 cm³/mol. The highest BCUT2D eigenvalue weighted by atomic mass is 35.5. The summed E-state index contributed by atoms with van der Waals surface area (Å²) >= 11 is 7.49. The number of benzene rings is 1. The minimum atomic E-state index is -0.671. The fourth-order valence-electron chi connectivity index (χ4n) is 2.42. The molecule has 1 aliphatic heterocycles. The second-order valence-electron chi connectivity index (χ2n) is 5.64. The first-order chi connectivity index (χ1) is 10.4. The number of rotatable bonds is 5. The van der Waals surface area contributed by atoms with E-state index in [-0.39, 0.29) is 22.4 Å². The second kappa shape index (κ2) is 7.53. The predicted octanol–water partition coefficient (Wildman–Crippen LogP) is 3.10. The van der Waals surface area contributed by atoms with Crippen LogP contribution in [0.5, 0.6) is 0 Å². The highest BCUT2D eigenvalue weighted by Gasteiger charge is 2.30. The molecule has 1 aromatic carbocycles. The average molecular weight is 347 g/mol. The highest BCUT2D eigenvalue weighted by molar-refractivity contribution is 8.00. The van der Waals surface area contributed by atoms with Crippen LogP contribution < -0.4 is 10.6 Å². The molecule has 0 aliphatic carbocycles. The Balaban J connectivity index is 1.91. The lowest BCUT2D eigenvalue weighted by atomic mass is 10.1. The van der Waals surface area contributed by atoms with E-state index in [1.165, 1.54) is 12.1 Å². The van der Waals surface area contributed by atoms with Crippen molar-refractivity contribution in [2.24, 2.45) is 0 Å². The summed E-state index contributed by atoms with van der Waals surface area (Å²) in [6.07, 6.45) is 2.23. The van der Waals surface area contributed by atoms with Gasteiger partial charge in [0.05, 0.1) is 17.7 Å². The van der Waals surface area contributed by atoms with Crippen molar-refractivity contribution in [3.63, 3.8) is 0 Å². The summed E-state index contributed by atoms with van der Waals surface area (Å²) in [4.78, 5) is 12.0. The Labute approximate surface area is 138 Å². The van der Waals surface area contributed by atoms with Crippen LogP contribution in [0.15, 0.2) is 18.2 Å². The molecule has 1 heterocycles. The van der Waals surface area contributed by atoms with Crippen molar-refractivity contribution in [3.8, 4) is 0 Å². The fourth-order valence-corrected chi connectivity index (χ4v) is 3.78. The number of urea groups is 1. The molecule has 0 bridgehead atoms. The molecule has 1 fully saturated rings. The first kappa shape index (κ1) is 17.4. The van der Waals surface area contributed by atoms with E-state index >= 15 is 0 Å². The summed E-state index contributed by atoms with van der Waals surface area (Å²) < 4.78 is 13.5. The van der Waals surface area contributed by atoms with Crippen molar-refractivity contribution < 1.29 is 14.3 Å². The molecule has 0 saturated carbocycles. The van der Waals surface area contributed by atoms with E-state index in [1.807, 2.05) is 11.8 Å². The van der Waals surface area contributed by atoms with Gasteiger partial charge in [-0.2, -0.15) is 11.8 Å². The molecule has 0 spiro atoms. The van der Waals surface area contributed by atoms with Crippen LogP contribution >= 0.6 is 23.4 Å². The van der Waals surface area contributed by atoms with Gasteiger partial charge in [-0.1, -0.05) is 17.7 Å². The van der Waals surface area contributed by atoms with Gasteiger partial charge < -0.3 is 15.7 Å². The number of aliphatic hydroxyl groups is 1. The van der Waals surface area contributed by atoms with Gasteiger partial charge in [0, 0.05) is 11.3 Å². The molecule has 122 valence electrons. The van der Waals surface area contributed by atoms with Crippen LogP contribution in [0.3, 0.4) is 0 Å². The molecule has 2 unspecified atom stereocenters.